The average molecular weight is 289 g/mol. The van der Waals surface area contributed by atoms with Crippen molar-refractivity contribution in [1.82, 2.24) is 16.0 Å². The molecule has 6 N–H and O–H groups in total. The molecule has 2 rings (SSSR count). The van der Waals surface area contributed by atoms with Gasteiger partial charge in [0.1, 0.15) is 5.58 Å². The molecule has 2 aromatic rings. The topological polar surface area (TPSA) is 133 Å². The minimum atomic E-state index is -0.490. The molecular formula is C13H15N5O3. The zero-order chi connectivity index (χ0) is 15.2. The number of hydrogen-bond donors (Lipinski definition) is 5. The number of para-hydroxylation sites is 1. The molecule has 0 fully saturated rings. The van der Waals surface area contributed by atoms with Crippen molar-refractivity contribution in [2.75, 3.05) is 6.67 Å². The highest BCUT2D eigenvalue weighted by Gasteiger charge is 2.06. The number of fused-ring (bicyclic) bond motifs is 1. The van der Waals surface area contributed by atoms with E-state index >= 15 is 0 Å². The van der Waals surface area contributed by atoms with Gasteiger partial charge in [-0.25, -0.2) is 9.59 Å². The Morgan fingerprint density at radius 3 is 2.76 bits per heavy atom. The number of nitrogens with two attached hydrogens (primary N) is 1. The normalized spacial score (nSPS) is 10.1. The van der Waals surface area contributed by atoms with Gasteiger partial charge in [-0.05, 0) is 12.1 Å². The number of carbonyl (C=O) groups excluding carboxylic acids is 1. The molecule has 8 nitrogen and oxygen atoms in total. The monoisotopic (exact) mass is 289 g/mol. The minimum Gasteiger partial charge on any atom is -0.422 e. The molecule has 0 radical (unpaired) electrons. The Morgan fingerprint density at radius 2 is 2.00 bits per heavy atom. The number of benzene rings is 1. The van der Waals surface area contributed by atoms with Gasteiger partial charge >= 0.3 is 11.7 Å². The summed E-state index contributed by atoms with van der Waals surface area (Å²) in [5, 5.41) is 15.1. The summed E-state index contributed by atoms with van der Waals surface area (Å²) in [7, 11) is 0. The van der Waals surface area contributed by atoms with Gasteiger partial charge in [-0.15, -0.1) is 0 Å². The SMILES string of the molecule is N=C(N)NCNC(=O)NCc1cc2ccccc2oc1=O. The maximum absolute atomic E-state index is 11.8. The zero-order valence-corrected chi connectivity index (χ0v) is 11.1. The van der Waals surface area contributed by atoms with Gasteiger partial charge in [0.25, 0.3) is 0 Å². The summed E-state index contributed by atoms with van der Waals surface area (Å²) < 4.78 is 5.15. The van der Waals surface area contributed by atoms with E-state index in [1.165, 1.54) is 0 Å². The van der Waals surface area contributed by atoms with Gasteiger partial charge in [0.2, 0.25) is 0 Å². The molecule has 1 aromatic carbocycles. The number of amides is 2. The number of guanidine groups is 1. The van der Waals surface area contributed by atoms with E-state index in [0.717, 1.165) is 5.39 Å². The van der Waals surface area contributed by atoms with Gasteiger partial charge in [-0.1, -0.05) is 18.2 Å². The lowest BCUT2D eigenvalue weighted by atomic mass is 10.2. The predicted molar refractivity (Wildman–Crippen MR) is 77.8 cm³/mol. The molecule has 0 aliphatic heterocycles. The fraction of sp³-hybridized carbons (Fsp3) is 0.154. The number of urea groups is 1. The maximum Gasteiger partial charge on any atom is 0.341 e. The Labute approximate surface area is 119 Å². The van der Waals surface area contributed by atoms with E-state index in [9.17, 15) is 9.59 Å². The Kier molecular flexibility index (Phi) is 4.39. The quantitative estimate of drug-likeness (QED) is 0.234. The maximum atomic E-state index is 11.8. The van der Waals surface area contributed by atoms with Crippen LogP contribution in [-0.4, -0.2) is 18.7 Å². The highest BCUT2D eigenvalue weighted by molar-refractivity contribution is 5.78. The lowest BCUT2D eigenvalue weighted by Gasteiger charge is -2.08. The molecule has 0 spiro atoms. The van der Waals surface area contributed by atoms with Crippen LogP contribution in [0.4, 0.5) is 4.79 Å². The third kappa shape index (κ3) is 3.96. The largest absolute Gasteiger partial charge is 0.422 e. The van der Waals surface area contributed by atoms with Crippen molar-refractivity contribution in [3.63, 3.8) is 0 Å². The fourth-order valence-corrected chi connectivity index (χ4v) is 1.69. The Bertz CT molecular complexity index is 725. The van der Waals surface area contributed by atoms with E-state index in [1.54, 1.807) is 18.2 Å². The van der Waals surface area contributed by atoms with Gasteiger partial charge in [-0.2, -0.15) is 0 Å². The number of carbonyl (C=O) groups is 1. The van der Waals surface area contributed by atoms with Crippen LogP contribution in [0.2, 0.25) is 0 Å². The van der Waals surface area contributed by atoms with Crippen molar-refractivity contribution in [3.05, 3.63) is 46.3 Å². The van der Waals surface area contributed by atoms with Gasteiger partial charge < -0.3 is 26.1 Å². The van der Waals surface area contributed by atoms with E-state index in [0.29, 0.717) is 11.1 Å². The summed E-state index contributed by atoms with van der Waals surface area (Å²) in [5.41, 5.74) is 5.42. The molecule has 110 valence electrons. The lowest BCUT2D eigenvalue weighted by Crippen LogP contribution is -2.44. The summed E-state index contributed by atoms with van der Waals surface area (Å²) in [6.07, 6.45) is 0. The van der Waals surface area contributed by atoms with E-state index in [4.69, 9.17) is 15.6 Å². The third-order valence-electron chi connectivity index (χ3n) is 2.68. The van der Waals surface area contributed by atoms with Crippen LogP contribution in [0.3, 0.4) is 0 Å². The van der Waals surface area contributed by atoms with Crippen molar-refractivity contribution in [1.29, 1.82) is 5.41 Å². The Morgan fingerprint density at radius 1 is 1.24 bits per heavy atom. The summed E-state index contributed by atoms with van der Waals surface area (Å²) in [5.74, 6) is -0.245. The molecule has 0 saturated heterocycles. The van der Waals surface area contributed by atoms with Crippen LogP contribution in [0.1, 0.15) is 5.56 Å². The highest BCUT2D eigenvalue weighted by atomic mass is 16.4. The van der Waals surface area contributed by atoms with E-state index in [-0.39, 0.29) is 19.2 Å². The van der Waals surface area contributed by atoms with Crippen LogP contribution in [0.5, 0.6) is 0 Å². The molecule has 21 heavy (non-hydrogen) atoms. The van der Waals surface area contributed by atoms with Crippen LogP contribution < -0.4 is 27.3 Å². The first kappa shape index (κ1) is 14.4. The van der Waals surface area contributed by atoms with Gasteiger partial charge in [-0.3, -0.25) is 5.41 Å². The Hall–Kier alpha value is -3.03. The van der Waals surface area contributed by atoms with Crippen LogP contribution in [0.15, 0.2) is 39.5 Å². The second-order valence-corrected chi connectivity index (χ2v) is 4.22. The smallest absolute Gasteiger partial charge is 0.341 e. The minimum absolute atomic E-state index is 0.0213. The van der Waals surface area contributed by atoms with Gasteiger partial charge in [0.05, 0.1) is 18.8 Å². The number of hydrogen-bond acceptors (Lipinski definition) is 4. The molecule has 2 amide bonds. The first-order valence-electron chi connectivity index (χ1n) is 6.17. The van der Waals surface area contributed by atoms with Crippen molar-refractivity contribution >= 4 is 23.0 Å². The summed E-state index contributed by atoms with van der Waals surface area (Å²) in [4.78, 5) is 23.2. The molecule has 8 heteroatoms. The van der Waals surface area contributed by atoms with Crippen LogP contribution in [-0.2, 0) is 6.54 Å². The second kappa shape index (κ2) is 6.42. The third-order valence-corrected chi connectivity index (χ3v) is 2.68. The second-order valence-electron chi connectivity index (χ2n) is 4.22. The van der Waals surface area contributed by atoms with Crippen LogP contribution in [0.25, 0.3) is 11.0 Å². The van der Waals surface area contributed by atoms with Crippen LogP contribution in [0, 0.1) is 5.41 Å². The molecule has 1 heterocycles. The van der Waals surface area contributed by atoms with E-state index in [1.807, 2.05) is 12.1 Å². The Balaban J connectivity index is 1.97. The highest BCUT2D eigenvalue weighted by Crippen LogP contribution is 2.12. The molecule has 0 bridgehead atoms. The van der Waals surface area contributed by atoms with Crippen LogP contribution >= 0.6 is 0 Å². The molecular weight excluding hydrogens is 274 g/mol. The summed E-state index contributed by atoms with van der Waals surface area (Å²) in [6, 6.07) is 8.32. The van der Waals surface area contributed by atoms with E-state index in [2.05, 4.69) is 16.0 Å². The number of nitrogens with one attached hydrogen (secondary N) is 4. The summed E-state index contributed by atoms with van der Waals surface area (Å²) in [6.45, 7) is 0.0621. The molecule has 1 aromatic heterocycles. The fourth-order valence-electron chi connectivity index (χ4n) is 1.69. The van der Waals surface area contributed by atoms with Gasteiger partial charge in [0.15, 0.2) is 5.96 Å². The first-order valence-corrected chi connectivity index (χ1v) is 6.17. The predicted octanol–water partition coefficient (Wildman–Crippen LogP) is 0.0328. The number of rotatable bonds is 4. The molecule has 0 atom stereocenters. The van der Waals surface area contributed by atoms with Crippen molar-refractivity contribution < 1.29 is 9.21 Å². The molecule has 0 unspecified atom stereocenters. The summed E-state index contributed by atoms with van der Waals surface area (Å²) >= 11 is 0. The molecule has 0 aliphatic rings. The van der Waals surface area contributed by atoms with Crippen molar-refractivity contribution in [2.45, 2.75) is 6.54 Å². The van der Waals surface area contributed by atoms with Gasteiger partial charge in [0, 0.05) is 5.39 Å². The first-order chi connectivity index (χ1) is 10.1. The van der Waals surface area contributed by atoms with E-state index < -0.39 is 11.7 Å². The zero-order valence-electron chi connectivity index (χ0n) is 11.1. The lowest BCUT2D eigenvalue weighted by molar-refractivity contribution is 0.240. The standard InChI is InChI=1S/C13H15N5O3/c14-12(15)17-7-18-13(20)16-6-9-5-8-3-1-2-4-10(8)21-11(9)19/h1-5H,6-7H2,(H4,14,15,17)(H2,16,18,20). The average Bonchev–Trinajstić information content (AvgIpc) is 2.44. The molecule has 0 aliphatic carbocycles. The van der Waals surface area contributed by atoms with Crippen molar-refractivity contribution in [3.8, 4) is 0 Å². The molecule has 0 saturated carbocycles. The van der Waals surface area contributed by atoms with Crippen molar-refractivity contribution in [2.24, 2.45) is 5.73 Å².